The van der Waals surface area contributed by atoms with Gasteiger partial charge in [-0.25, -0.2) is 0 Å². The lowest BCUT2D eigenvalue weighted by Gasteiger charge is -2.40. The maximum Gasteiger partial charge on any atom is 0.250 e. The van der Waals surface area contributed by atoms with Gasteiger partial charge in [0, 0.05) is 35.7 Å². The number of amides is 3. The minimum Gasteiger partial charge on any atom is -0.349 e. The summed E-state index contributed by atoms with van der Waals surface area (Å²) in [5, 5.41) is 3.05. The number of anilines is 1. The monoisotopic (exact) mass is 504 g/mol. The predicted molar refractivity (Wildman–Crippen MR) is 147 cm³/mol. The molecule has 1 aliphatic rings. The summed E-state index contributed by atoms with van der Waals surface area (Å²) in [6.07, 6.45) is 6.66. The molecular weight excluding hydrogens is 464 g/mol. The second kappa shape index (κ2) is 11.3. The number of likely N-dealkylation sites (tertiary alicyclic amines) is 1. The molecule has 0 radical (unpaired) electrons. The van der Waals surface area contributed by atoms with Crippen LogP contribution in [0.3, 0.4) is 0 Å². The van der Waals surface area contributed by atoms with Gasteiger partial charge in [0.2, 0.25) is 11.8 Å². The highest BCUT2D eigenvalue weighted by Crippen LogP contribution is 2.33. The average Bonchev–Trinajstić information content (AvgIpc) is 2.85. The van der Waals surface area contributed by atoms with Crippen molar-refractivity contribution >= 4 is 23.4 Å². The predicted octanol–water partition coefficient (Wildman–Crippen LogP) is 4.94. The summed E-state index contributed by atoms with van der Waals surface area (Å²) in [7, 11) is 0. The van der Waals surface area contributed by atoms with E-state index < -0.39 is 17.6 Å². The van der Waals surface area contributed by atoms with Crippen molar-refractivity contribution in [2.24, 2.45) is 0 Å². The molecule has 0 saturated carbocycles. The first-order valence-electron chi connectivity index (χ1n) is 12.9. The molecule has 1 saturated heterocycles. The first-order chi connectivity index (χ1) is 17.3. The molecule has 198 valence electrons. The van der Waals surface area contributed by atoms with Crippen LogP contribution in [0, 0.1) is 0 Å². The maximum atomic E-state index is 14.4. The van der Waals surface area contributed by atoms with Gasteiger partial charge in [0.05, 0.1) is 0 Å². The van der Waals surface area contributed by atoms with Gasteiger partial charge in [-0.3, -0.25) is 24.3 Å². The number of hydrogen-bond donors (Lipinski definition) is 1. The van der Waals surface area contributed by atoms with Crippen LogP contribution in [-0.2, 0) is 19.8 Å². The van der Waals surface area contributed by atoms with E-state index in [0.717, 1.165) is 18.4 Å². The van der Waals surface area contributed by atoms with Crippen molar-refractivity contribution in [2.75, 3.05) is 11.4 Å². The Morgan fingerprint density at radius 2 is 1.76 bits per heavy atom. The number of aromatic nitrogens is 1. The molecule has 7 heteroatoms. The topological polar surface area (TPSA) is 82.6 Å². The number of carbonyl (C=O) groups is 3. The van der Waals surface area contributed by atoms with Crippen molar-refractivity contribution in [2.45, 2.75) is 83.8 Å². The summed E-state index contributed by atoms with van der Waals surface area (Å²) in [6.45, 7) is 16.2. The smallest absolute Gasteiger partial charge is 0.250 e. The van der Waals surface area contributed by atoms with Gasteiger partial charge in [-0.15, -0.1) is 0 Å². The number of hydrogen-bond acceptors (Lipinski definition) is 4. The zero-order valence-electron chi connectivity index (χ0n) is 23.0. The van der Waals surface area contributed by atoms with E-state index >= 15 is 0 Å². The summed E-state index contributed by atoms with van der Waals surface area (Å²) in [4.78, 5) is 48.3. The lowest BCUT2D eigenvalue weighted by atomic mass is 9.87. The molecule has 3 amide bonds. The fourth-order valence-corrected chi connectivity index (χ4v) is 4.65. The Balaban J connectivity index is 2.18. The molecule has 0 spiro atoms. The molecule has 2 atom stereocenters. The molecule has 3 rings (SSSR count). The molecule has 0 aliphatic carbocycles. The van der Waals surface area contributed by atoms with Crippen LogP contribution in [-0.4, -0.2) is 45.7 Å². The first-order valence-corrected chi connectivity index (χ1v) is 12.9. The van der Waals surface area contributed by atoms with Crippen molar-refractivity contribution in [3.63, 3.8) is 0 Å². The van der Waals surface area contributed by atoms with Crippen LogP contribution in [0.4, 0.5) is 5.69 Å². The van der Waals surface area contributed by atoms with E-state index in [1.807, 2.05) is 45.0 Å². The molecule has 0 bridgehead atoms. The van der Waals surface area contributed by atoms with Gasteiger partial charge < -0.3 is 10.2 Å². The Morgan fingerprint density at radius 1 is 1.08 bits per heavy atom. The van der Waals surface area contributed by atoms with Gasteiger partial charge >= 0.3 is 0 Å². The molecule has 1 fully saturated rings. The van der Waals surface area contributed by atoms with Crippen molar-refractivity contribution in [3.8, 4) is 0 Å². The minimum atomic E-state index is -0.969. The highest BCUT2D eigenvalue weighted by Gasteiger charge is 2.41. The number of nitrogens with zero attached hydrogens (tertiary/aromatic N) is 3. The Morgan fingerprint density at radius 3 is 2.30 bits per heavy atom. The third-order valence-corrected chi connectivity index (χ3v) is 6.50. The lowest BCUT2D eigenvalue weighted by molar-refractivity contribution is -0.138. The van der Waals surface area contributed by atoms with Gasteiger partial charge in [0.1, 0.15) is 12.1 Å². The largest absolute Gasteiger partial charge is 0.349 e. The number of carbonyl (C=O) groups excluding carboxylic acids is 3. The molecule has 1 N–H and O–H groups in total. The molecule has 1 aromatic carbocycles. The van der Waals surface area contributed by atoms with E-state index in [0.29, 0.717) is 24.2 Å². The quantitative estimate of drug-likeness (QED) is 0.565. The maximum absolute atomic E-state index is 14.4. The summed E-state index contributed by atoms with van der Waals surface area (Å²) in [5.74, 6) is -0.888. The van der Waals surface area contributed by atoms with Gasteiger partial charge in [0.25, 0.3) is 5.91 Å². The molecule has 1 aliphatic heterocycles. The van der Waals surface area contributed by atoms with Crippen LogP contribution in [0.15, 0.2) is 61.4 Å². The Hall–Kier alpha value is -3.48. The minimum absolute atomic E-state index is 0.0731. The van der Waals surface area contributed by atoms with Crippen LogP contribution in [0.1, 0.15) is 78.0 Å². The van der Waals surface area contributed by atoms with E-state index in [2.05, 4.69) is 37.7 Å². The van der Waals surface area contributed by atoms with E-state index in [4.69, 9.17) is 0 Å². The first kappa shape index (κ1) is 28.1. The standard InChI is InChI=1S/C30H40N4O3/c1-8-25(35)33-19-10-9-13-24(33)28(37)34(23-16-14-22(15-17-23)29(2,3)4)26(21-12-11-18-31-20-21)27(36)32-30(5,6)7/h8,11-12,14-18,20,24,26H,1,9-10,13,19H2,2-7H3,(H,32,36). The van der Waals surface area contributed by atoms with Gasteiger partial charge in [-0.1, -0.05) is 45.5 Å². The van der Waals surface area contributed by atoms with E-state index in [9.17, 15) is 14.4 Å². The van der Waals surface area contributed by atoms with Crippen LogP contribution < -0.4 is 10.2 Å². The summed E-state index contributed by atoms with van der Waals surface area (Å²) in [6, 6.07) is 9.65. The molecule has 2 heterocycles. The molecular formula is C30H40N4O3. The molecule has 7 nitrogen and oxygen atoms in total. The van der Waals surface area contributed by atoms with Crippen LogP contribution >= 0.6 is 0 Å². The van der Waals surface area contributed by atoms with Gasteiger partial charge in [-0.05, 0) is 75.3 Å². The second-order valence-corrected chi connectivity index (χ2v) is 11.7. The van der Waals surface area contributed by atoms with Gasteiger partial charge in [0.15, 0.2) is 0 Å². The molecule has 2 aromatic rings. The van der Waals surface area contributed by atoms with E-state index in [1.54, 1.807) is 34.3 Å². The Kier molecular flexibility index (Phi) is 8.57. The van der Waals surface area contributed by atoms with Crippen molar-refractivity contribution in [3.05, 3.63) is 72.6 Å². The normalized spacial score (nSPS) is 17.0. The highest BCUT2D eigenvalue weighted by molar-refractivity contribution is 6.05. The van der Waals surface area contributed by atoms with Crippen molar-refractivity contribution in [1.82, 2.24) is 15.2 Å². The fourth-order valence-electron chi connectivity index (χ4n) is 4.65. The third kappa shape index (κ3) is 6.85. The van der Waals surface area contributed by atoms with Crippen LogP contribution in [0.25, 0.3) is 0 Å². The number of nitrogens with one attached hydrogen (secondary N) is 1. The Labute approximate surface area is 221 Å². The molecule has 1 aromatic heterocycles. The van der Waals surface area contributed by atoms with Crippen LogP contribution in [0.2, 0.25) is 0 Å². The van der Waals surface area contributed by atoms with Crippen LogP contribution in [0.5, 0.6) is 0 Å². The second-order valence-electron chi connectivity index (χ2n) is 11.7. The molecule has 2 unspecified atom stereocenters. The van der Waals surface area contributed by atoms with Crippen molar-refractivity contribution in [1.29, 1.82) is 0 Å². The molecule has 37 heavy (non-hydrogen) atoms. The fraction of sp³-hybridized carbons (Fsp3) is 0.467. The summed E-state index contributed by atoms with van der Waals surface area (Å²) < 4.78 is 0. The summed E-state index contributed by atoms with van der Waals surface area (Å²) in [5.41, 5.74) is 1.71. The number of rotatable bonds is 6. The van der Waals surface area contributed by atoms with E-state index in [-0.39, 0.29) is 23.1 Å². The lowest BCUT2D eigenvalue weighted by Crippen LogP contribution is -2.56. The number of pyridine rings is 1. The average molecular weight is 505 g/mol. The SMILES string of the molecule is C=CC(=O)N1CCCCC1C(=O)N(c1ccc(C(C)(C)C)cc1)C(C(=O)NC(C)(C)C)c1cccnc1. The van der Waals surface area contributed by atoms with E-state index in [1.165, 1.54) is 6.08 Å². The highest BCUT2D eigenvalue weighted by atomic mass is 16.2. The Bertz CT molecular complexity index is 1110. The van der Waals surface area contributed by atoms with Gasteiger partial charge in [-0.2, -0.15) is 0 Å². The number of benzene rings is 1. The third-order valence-electron chi connectivity index (χ3n) is 6.50. The zero-order chi connectivity index (χ0) is 27.4. The summed E-state index contributed by atoms with van der Waals surface area (Å²) >= 11 is 0. The zero-order valence-corrected chi connectivity index (χ0v) is 23.0. The van der Waals surface area contributed by atoms with Crippen molar-refractivity contribution < 1.29 is 14.4 Å². The number of piperidine rings is 1.